The molecule has 0 aromatic heterocycles. The number of carboxylic acid groups (broad SMARTS) is 1. The van der Waals surface area contributed by atoms with Gasteiger partial charge in [-0.15, -0.1) is 0 Å². The average Bonchev–Trinajstić information content (AvgIpc) is 2.18. The average molecular weight is 207 g/mol. The van der Waals surface area contributed by atoms with Gasteiger partial charge in [-0.2, -0.15) is 0 Å². The van der Waals surface area contributed by atoms with Crippen LogP contribution in [0.3, 0.4) is 0 Å². The molecular formula is C11H13NO3. The molecule has 1 aliphatic rings. The molecule has 80 valence electrons. The maximum absolute atomic E-state index is 10.7. The predicted molar refractivity (Wildman–Crippen MR) is 56.2 cm³/mol. The maximum atomic E-state index is 10.7. The van der Waals surface area contributed by atoms with E-state index in [0.717, 1.165) is 24.2 Å². The van der Waals surface area contributed by atoms with Gasteiger partial charge in [0.25, 0.3) is 0 Å². The first-order chi connectivity index (χ1) is 7.16. The van der Waals surface area contributed by atoms with E-state index in [4.69, 9.17) is 5.11 Å². The summed E-state index contributed by atoms with van der Waals surface area (Å²) in [5, 5.41) is 21.3. The Morgan fingerprint density at radius 3 is 3.07 bits per heavy atom. The monoisotopic (exact) mass is 207 g/mol. The molecule has 0 radical (unpaired) electrons. The first kappa shape index (κ1) is 9.83. The first-order valence-electron chi connectivity index (χ1n) is 4.95. The molecule has 1 aliphatic heterocycles. The molecule has 0 amide bonds. The summed E-state index contributed by atoms with van der Waals surface area (Å²) in [6.07, 6.45) is 0.918. The van der Waals surface area contributed by atoms with E-state index in [1.165, 1.54) is 0 Å². The van der Waals surface area contributed by atoms with Crippen molar-refractivity contribution in [3.05, 3.63) is 23.8 Å². The topological polar surface area (TPSA) is 69.6 Å². The molecular weight excluding hydrogens is 194 g/mol. The maximum Gasteiger partial charge on any atom is 0.303 e. The van der Waals surface area contributed by atoms with E-state index < -0.39 is 5.97 Å². The fraction of sp³-hybridized carbons (Fsp3) is 0.364. The molecule has 1 heterocycles. The number of benzene rings is 1. The quantitative estimate of drug-likeness (QED) is 0.646. The Labute approximate surface area is 87.6 Å². The molecule has 1 atom stereocenters. The molecule has 0 aliphatic carbocycles. The number of rotatable bonds is 2. The second-order valence-corrected chi connectivity index (χ2v) is 3.78. The number of nitrogens with one attached hydrogen (secondary N) is 1. The Balaban J connectivity index is 2.32. The van der Waals surface area contributed by atoms with Gasteiger partial charge in [-0.1, -0.05) is 0 Å². The van der Waals surface area contributed by atoms with Gasteiger partial charge >= 0.3 is 5.97 Å². The van der Waals surface area contributed by atoms with Gasteiger partial charge in [-0.3, -0.25) is 4.79 Å². The minimum atomic E-state index is -0.795. The van der Waals surface area contributed by atoms with E-state index in [-0.39, 0.29) is 18.1 Å². The van der Waals surface area contributed by atoms with Crippen LogP contribution >= 0.6 is 0 Å². The molecule has 4 heteroatoms. The van der Waals surface area contributed by atoms with Crippen LogP contribution in [0.5, 0.6) is 5.75 Å². The molecule has 1 aromatic rings. The van der Waals surface area contributed by atoms with Gasteiger partial charge in [0.2, 0.25) is 0 Å². The second-order valence-electron chi connectivity index (χ2n) is 3.78. The molecule has 1 unspecified atom stereocenters. The smallest absolute Gasteiger partial charge is 0.303 e. The van der Waals surface area contributed by atoms with Crippen LogP contribution < -0.4 is 5.32 Å². The summed E-state index contributed by atoms with van der Waals surface area (Å²) in [5.74, 6) is -0.602. The number of phenolic OH excluding ortho intramolecular Hbond substituents is 1. The largest absolute Gasteiger partial charge is 0.508 e. The van der Waals surface area contributed by atoms with E-state index in [2.05, 4.69) is 5.32 Å². The fourth-order valence-corrected chi connectivity index (χ4v) is 2.01. The van der Waals surface area contributed by atoms with E-state index in [1.807, 2.05) is 0 Å². The number of hydrogen-bond acceptors (Lipinski definition) is 3. The Hall–Kier alpha value is -1.71. The van der Waals surface area contributed by atoms with E-state index in [9.17, 15) is 9.90 Å². The van der Waals surface area contributed by atoms with Gasteiger partial charge in [0.15, 0.2) is 0 Å². The summed E-state index contributed by atoms with van der Waals surface area (Å²) >= 11 is 0. The number of fused-ring (bicyclic) bond motifs is 1. The molecule has 4 nitrogen and oxygen atoms in total. The highest BCUT2D eigenvalue weighted by Gasteiger charge is 2.22. The van der Waals surface area contributed by atoms with Crippen LogP contribution in [-0.4, -0.2) is 22.7 Å². The van der Waals surface area contributed by atoms with Crippen LogP contribution in [0.4, 0.5) is 5.69 Å². The van der Waals surface area contributed by atoms with Crippen molar-refractivity contribution >= 4 is 11.7 Å². The lowest BCUT2D eigenvalue weighted by Crippen LogP contribution is -2.18. The summed E-state index contributed by atoms with van der Waals surface area (Å²) < 4.78 is 0. The van der Waals surface area contributed by atoms with Gasteiger partial charge in [-0.05, 0) is 36.1 Å². The van der Waals surface area contributed by atoms with Crippen molar-refractivity contribution in [2.24, 2.45) is 0 Å². The first-order valence-corrected chi connectivity index (χ1v) is 4.95. The van der Waals surface area contributed by atoms with Crippen molar-refractivity contribution in [2.75, 3.05) is 11.9 Å². The molecule has 0 bridgehead atoms. The van der Waals surface area contributed by atoms with Crippen LogP contribution in [0, 0.1) is 0 Å². The number of anilines is 1. The van der Waals surface area contributed by atoms with Crippen LogP contribution in [-0.2, 0) is 4.79 Å². The summed E-state index contributed by atoms with van der Waals surface area (Å²) in [4.78, 5) is 10.7. The zero-order valence-corrected chi connectivity index (χ0v) is 8.23. The van der Waals surface area contributed by atoms with Gasteiger partial charge in [0.1, 0.15) is 5.75 Å². The summed E-state index contributed by atoms with van der Waals surface area (Å²) in [5.41, 5.74) is 1.84. The van der Waals surface area contributed by atoms with Crippen molar-refractivity contribution in [1.29, 1.82) is 0 Å². The van der Waals surface area contributed by atoms with Gasteiger partial charge < -0.3 is 15.5 Å². The predicted octanol–water partition coefficient (Wildman–Crippen LogP) is 1.77. The third-order valence-electron chi connectivity index (χ3n) is 2.70. The van der Waals surface area contributed by atoms with E-state index in [1.54, 1.807) is 18.2 Å². The third kappa shape index (κ3) is 2.03. The lowest BCUT2D eigenvalue weighted by Gasteiger charge is -2.25. The van der Waals surface area contributed by atoms with Gasteiger partial charge in [-0.25, -0.2) is 0 Å². The van der Waals surface area contributed by atoms with Crippen molar-refractivity contribution in [2.45, 2.75) is 18.8 Å². The molecule has 2 rings (SSSR count). The summed E-state index contributed by atoms with van der Waals surface area (Å²) in [6, 6.07) is 5.04. The lowest BCUT2D eigenvalue weighted by molar-refractivity contribution is -0.137. The van der Waals surface area contributed by atoms with Crippen LogP contribution in [0.1, 0.15) is 24.3 Å². The second kappa shape index (κ2) is 3.81. The van der Waals surface area contributed by atoms with Crippen LogP contribution in [0.15, 0.2) is 18.2 Å². The fourth-order valence-electron chi connectivity index (χ4n) is 2.01. The Kier molecular flexibility index (Phi) is 2.49. The van der Waals surface area contributed by atoms with Crippen molar-refractivity contribution in [1.82, 2.24) is 0 Å². The molecule has 0 spiro atoms. The molecule has 1 aromatic carbocycles. The Morgan fingerprint density at radius 2 is 2.33 bits per heavy atom. The standard InChI is InChI=1S/C11H13NO3/c13-8-1-2-10-9(6-8)7(3-4-12-10)5-11(14)15/h1-2,6-7,12-13H,3-5H2,(H,14,15). The van der Waals surface area contributed by atoms with Gasteiger partial charge in [0, 0.05) is 12.2 Å². The summed E-state index contributed by atoms with van der Waals surface area (Å²) in [6.45, 7) is 0.787. The number of carbonyl (C=O) groups is 1. The molecule has 15 heavy (non-hydrogen) atoms. The third-order valence-corrected chi connectivity index (χ3v) is 2.70. The highest BCUT2D eigenvalue weighted by molar-refractivity contribution is 5.69. The van der Waals surface area contributed by atoms with E-state index in [0.29, 0.717) is 0 Å². The minimum Gasteiger partial charge on any atom is -0.508 e. The molecule has 0 saturated carbocycles. The normalized spacial score (nSPS) is 19.1. The number of hydrogen-bond donors (Lipinski definition) is 3. The number of aromatic hydroxyl groups is 1. The lowest BCUT2D eigenvalue weighted by atomic mass is 9.88. The minimum absolute atomic E-state index is 0.00542. The number of phenols is 1. The molecule has 0 saturated heterocycles. The Morgan fingerprint density at radius 1 is 1.53 bits per heavy atom. The zero-order chi connectivity index (χ0) is 10.8. The molecule has 0 fully saturated rings. The number of aliphatic carboxylic acids is 1. The van der Waals surface area contributed by atoms with Crippen LogP contribution in [0.2, 0.25) is 0 Å². The van der Waals surface area contributed by atoms with Crippen molar-refractivity contribution in [3.8, 4) is 5.75 Å². The number of carboxylic acids is 1. The highest BCUT2D eigenvalue weighted by Crippen LogP contribution is 2.35. The molecule has 3 N–H and O–H groups in total. The SMILES string of the molecule is O=C(O)CC1CCNc2ccc(O)cc21. The van der Waals surface area contributed by atoms with Crippen molar-refractivity contribution < 1.29 is 15.0 Å². The van der Waals surface area contributed by atoms with Gasteiger partial charge in [0.05, 0.1) is 6.42 Å². The highest BCUT2D eigenvalue weighted by atomic mass is 16.4. The van der Waals surface area contributed by atoms with Crippen LogP contribution in [0.25, 0.3) is 0 Å². The zero-order valence-electron chi connectivity index (χ0n) is 8.23. The Bertz CT molecular complexity index is 389. The van der Waals surface area contributed by atoms with E-state index >= 15 is 0 Å². The van der Waals surface area contributed by atoms with Crippen molar-refractivity contribution in [3.63, 3.8) is 0 Å². The summed E-state index contributed by atoms with van der Waals surface area (Å²) in [7, 11) is 0.